The molecule has 0 bridgehead atoms. The van der Waals surface area contributed by atoms with E-state index in [0.717, 1.165) is 11.3 Å². The van der Waals surface area contributed by atoms with Crippen LogP contribution < -0.4 is 0 Å². The molecule has 3 aromatic rings. The number of piperazine rings is 1. The summed E-state index contributed by atoms with van der Waals surface area (Å²) in [5.74, 6) is -0.0821. The first-order valence-electron chi connectivity index (χ1n) is 8.68. The number of halogens is 1. The van der Waals surface area contributed by atoms with Crippen LogP contribution in [0.5, 0.6) is 0 Å². The fourth-order valence-electron chi connectivity index (χ4n) is 3.28. The van der Waals surface area contributed by atoms with E-state index in [2.05, 4.69) is 10.1 Å². The second-order valence-corrected chi connectivity index (χ2v) is 6.87. The predicted octanol–water partition coefficient (Wildman–Crippen LogP) is 2.35. The van der Waals surface area contributed by atoms with E-state index in [1.807, 2.05) is 30.3 Å². The van der Waals surface area contributed by atoms with Gasteiger partial charge in [-0.1, -0.05) is 23.7 Å². The monoisotopic (exact) mass is 383 g/mol. The van der Waals surface area contributed by atoms with Gasteiger partial charge in [-0.3, -0.25) is 9.59 Å². The summed E-state index contributed by atoms with van der Waals surface area (Å²) in [6, 6.07) is 9.28. The Labute approximate surface area is 161 Å². The van der Waals surface area contributed by atoms with Crippen molar-refractivity contribution < 1.29 is 9.59 Å². The Morgan fingerprint density at radius 3 is 2.33 bits per heavy atom. The van der Waals surface area contributed by atoms with Gasteiger partial charge in [0.1, 0.15) is 5.56 Å². The molecule has 0 atom stereocenters. The summed E-state index contributed by atoms with van der Waals surface area (Å²) in [7, 11) is 0. The maximum Gasteiger partial charge on any atom is 0.259 e. The van der Waals surface area contributed by atoms with Crippen LogP contribution in [-0.2, 0) is 4.79 Å². The van der Waals surface area contributed by atoms with E-state index in [1.165, 1.54) is 0 Å². The Bertz CT molecular complexity index is 1010. The third-order valence-corrected chi connectivity index (χ3v) is 5.04. The summed E-state index contributed by atoms with van der Waals surface area (Å²) in [6.45, 7) is 3.65. The van der Waals surface area contributed by atoms with Gasteiger partial charge < -0.3 is 9.80 Å². The molecule has 1 saturated heterocycles. The number of hydrogen-bond donors (Lipinski definition) is 0. The normalized spacial score (nSPS) is 14.6. The van der Waals surface area contributed by atoms with E-state index < -0.39 is 0 Å². The van der Waals surface area contributed by atoms with Crippen molar-refractivity contribution in [2.45, 2.75) is 6.92 Å². The topological polar surface area (TPSA) is 70.8 Å². The van der Waals surface area contributed by atoms with Crippen LogP contribution in [-0.4, -0.2) is 62.4 Å². The number of carbonyl (C=O) groups excluding carboxylic acids is 2. The van der Waals surface area contributed by atoms with Gasteiger partial charge in [-0.05, 0) is 18.2 Å². The van der Waals surface area contributed by atoms with E-state index in [4.69, 9.17) is 11.6 Å². The fraction of sp³-hybridized carbons (Fsp3) is 0.263. The molecule has 1 aromatic carbocycles. The van der Waals surface area contributed by atoms with Crippen LogP contribution in [0.1, 0.15) is 17.3 Å². The first-order chi connectivity index (χ1) is 13.0. The molecular weight excluding hydrogens is 366 g/mol. The fourth-order valence-corrected chi connectivity index (χ4v) is 3.40. The number of benzene rings is 1. The third-order valence-electron chi connectivity index (χ3n) is 4.78. The minimum atomic E-state index is -0.117. The molecule has 2 amide bonds. The molecule has 1 fully saturated rings. The van der Waals surface area contributed by atoms with Gasteiger partial charge in [-0.2, -0.15) is 5.10 Å². The van der Waals surface area contributed by atoms with Crippen molar-refractivity contribution in [2.75, 3.05) is 26.2 Å². The molecule has 27 heavy (non-hydrogen) atoms. The molecule has 3 heterocycles. The van der Waals surface area contributed by atoms with Crippen molar-refractivity contribution in [2.24, 2.45) is 0 Å². The maximum atomic E-state index is 13.0. The number of aromatic nitrogens is 3. The number of amides is 2. The van der Waals surface area contributed by atoms with E-state index in [1.54, 1.807) is 33.6 Å². The van der Waals surface area contributed by atoms with Crippen molar-refractivity contribution in [3.8, 4) is 11.3 Å². The standard InChI is InChI=1S/C19H18ClN5O2/c1-13(26)23-8-10-24(11-9-23)19(27)16-12-22-25-17(6-7-21-18(16)25)14-2-4-15(20)5-3-14/h2-7,12H,8-11H2,1H3. The molecule has 0 radical (unpaired) electrons. The molecule has 8 heteroatoms. The molecule has 138 valence electrons. The van der Waals surface area contributed by atoms with Gasteiger partial charge in [0, 0.05) is 49.9 Å². The van der Waals surface area contributed by atoms with Gasteiger partial charge in [0.05, 0.1) is 11.9 Å². The number of carbonyl (C=O) groups is 2. The van der Waals surface area contributed by atoms with Gasteiger partial charge in [0.25, 0.3) is 5.91 Å². The summed E-state index contributed by atoms with van der Waals surface area (Å²) in [4.78, 5) is 32.3. The highest BCUT2D eigenvalue weighted by atomic mass is 35.5. The highest BCUT2D eigenvalue weighted by Gasteiger charge is 2.26. The van der Waals surface area contributed by atoms with Gasteiger partial charge in [-0.15, -0.1) is 0 Å². The minimum absolute atomic E-state index is 0.0346. The van der Waals surface area contributed by atoms with Crippen LogP contribution in [0.3, 0.4) is 0 Å². The summed E-state index contributed by atoms with van der Waals surface area (Å²) in [5, 5.41) is 5.04. The molecule has 1 aliphatic heterocycles. The zero-order valence-corrected chi connectivity index (χ0v) is 15.6. The molecule has 0 saturated carbocycles. The number of nitrogens with zero attached hydrogens (tertiary/aromatic N) is 5. The highest BCUT2D eigenvalue weighted by Crippen LogP contribution is 2.23. The molecule has 2 aromatic heterocycles. The van der Waals surface area contributed by atoms with E-state index in [9.17, 15) is 9.59 Å². The molecule has 4 rings (SSSR count). The Kier molecular flexibility index (Phi) is 4.53. The molecule has 0 aliphatic carbocycles. The lowest BCUT2D eigenvalue weighted by molar-refractivity contribution is -0.130. The Balaban J connectivity index is 1.64. The zero-order chi connectivity index (χ0) is 19.0. The van der Waals surface area contributed by atoms with E-state index in [-0.39, 0.29) is 11.8 Å². The lowest BCUT2D eigenvalue weighted by Crippen LogP contribution is -2.50. The summed E-state index contributed by atoms with van der Waals surface area (Å²) < 4.78 is 1.67. The van der Waals surface area contributed by atoms with Crippen LogP contribution in [0.25, 0.3) is 16.9 Å². The quantitative estimate of drug-likeness (QED) is 0.681. The first-order valence-corrected chi connectivity index (χ1v) is 9.06. The van der Waals surface area contributed by atoms with Crippen LogP contribution in [0.2, 0.25) is 5.02 Å². The summed E-state index contributed by atoms with van der Waals surface area (Å²) in [6.07, 6.45) is 3.23. The molecule has 0 spiro atoms. The molecule has 0 N–H and O–H groups in total. The van der Waals surface area contributed by atoms with Crippen molar-refractivity contribution in [1.29, 1.82) is 0 Å². The van der Waals surface area contributed by atoms with E-state index in [0.29, 0.717) is 42.4 Å². The van der Waals surface area contributed by atoms with Crippen LogP contribution in [0.4, 0.5) is 0 Å². The Hall–Kier alpha value is -2.93. The van der Waals surface area contributed by atoms with Crippen molar-refractivity contribution >= 4 is 29.1 Å². The Morgan fingerprint density at radius 2 is 1.67 bits per heavy atom. The zero-order valence-electron chi connectivity index (χ0n) is 14.8. The van der Waals surface area contributed by atoms with Gasteiger partial charge in [0.2, 0.25) is 5.91 Å². The van der Waals surface area contributed by atoms with Crippen molar-refractivity contribution in [3.63, 3.8) is 0 Å². The van der Waals surface area contributed by atoms with Gasteiger partial charge >= 0.3 is 0 Å². The van der Waals surface area contributed by atoms with Crippen LogP contribution >= 0.6 is 11.6 Å². The average molecular weight is 384 g/mol. The lowest BCUT2D eigenvalue weighted by Gasteiger charge is -2.34. The molecule has 7 nitrogen and oxygen atoms in total. The molecule has 1 aliphatic rings. The summed E-state index contributed by atoms with van der Waals surface area (Å²) in [5.41, 5.74) is 2.74. The largest absolute Gasteiger partial charge is 0.339 e. The number of rotatable bonds is 2. The average Bonchev–Trinajstić information content (AvgIpc) is 3.12. The summed E-state index contributed by atoms with van der Waals surface area (Å²) >= 11 is 5.97. The molecule has 0 unspecified atom stereocenters. The van der Waals surface area contributed by atoms with Crippen LogP contribution in [0.15, 0.2) is 42.7 Å². The van der Waals surface area contributed by atoms with Crippen molar-refractivity contribution in [3.05, 3.63) is 53.3 Å². The smallest absolute Gasteiger partial charge is 0.259 e. The Morgan fingerprint density at radius 1 is 1.00 bits per heavy atom. The number of fused-ring (bicyclic) bond motifs is 1. The van der Waals surface area contributed by atoms with Gasteiger partial charge in [-0.25, -0.2) is 9.50 Å². The van der Waals surface area contributed by atoms with Gasteiger partial charge in [0.15, 0.2) is 5.65 Å². The predicted molar refractivity (Wildman–Crippen MR) is 102 cm³/mol. The first kappa shape index (κ1) is 17.5. The maximum absolute atomic E-state index is 13.0. The van der Waals surface area contributed by atoms with Crippen LogP contribution in [0, 0.1) is 0 Å². The van der Waals surface area contributed by atoms with E-state index >= 15 is 0 Å². The lowest BCUT2D eigenvalue weighted by atomic mass is 10.1. The van der Waals surface area contributed by atoms with Crippen molar-refractivity contribution in [1.82, 2.24) is 24.4 Å². The second kappa shape index (κ2) is 7.00. The number of hydrogen-bond acceptors (Lipinski definition) is 4. The minimum Gasteiger partial charge on any atom is -0.339 e. The highest BCUT2D eigenvalue weighted by molar-refractivity contribution is 6.30. The SMILES string of the molecule is CC(=O)N1CCN(C(=O)c2cnn3c(-c4ccc(Cl)cc4)ccnc23)CC1. The third kappa shape index (κ3) is 3.26. The molecular formula is C19H18ClN5O2. The second-order valence-electron chi connectivity index (χ2n) is 6.43.